The molecule has 0 atom stereocenters. The number of alkyl halides is 3. The predicted octanol–water partition coefficient (Wildman–Crippen LogP) is 4.07. The van der Waals surface area contributed by atoms with Crippen LogP contribution in [-0.2, 0) is 13.2 Å². The molecule has 118 valence electrons. The molecule has 0 saturated heterocycles. The molecule has 0 radical (unpaired) electrons. The van der Waals surface area contributed by atoms with E-state index in [9.17, 15) is 18.0 Å². The summed E-state index contributed by atoms with van der Waals surface area (Å²) in [7, 11) is 1.67. The molecule has 0 saturated carbocycles. The lowest BCUT2D eigenvalue weighted by Crippen LogP contribution is -2.18. The smallest absolute Gasteiger partial charge is 0.321 e. The van der Waals surface area contributed by atoms with Gasteiger partial charge in [-0.1, -0.05) is 15.9 Å². The second kappa shape index (κ2) is 5.75. The molecule has 0 fully saturated rings. The Morgan fingerprint density at radius 1 is 1.32 bits per heavy atom. The van der Waals surface area contributed by atoms with Crippen molar-refractivity contribution in [2.24, 2.45) is 7.05 Å². The van der Waals surface area contributed by atoms with Crippen LogP contribution in [0.1, 0.15) is 27.3 Å². The van der Waals surface area contributed by atoms with Crippen molar-refractivity contribution in [1.82, 2.24) is 9.78 Å². The van der Waals surface area contributed by atoms with E-state index in [4.69, 9.17) is 0 Å². The van der Waals surface area contributed by atoms with Crippen LogP contribution in [-0.4, -0.2) is 15.7 Å². The van der Waals surface area contributed by atoms with Gasteiger partial charge in [0.1, 0.15) is 0 Å². The van der Waals surface area contributed by atoms with Gasteiger partial charge in [0, 0.05) is 17.2 Å². The number of aromatic nitrogens is 2. The standard InChI is InChI=1S/C14H13BrF3N3O/c1-7-12(8(2)21(3)20-7)13(22)19-11-5-4-9(15)6-10(11)14(16,17)18/h4-6H,1-3H3,(H,19,22). The maximum absolute atomic E-state index is 13.1. The number of amides is 1. The molecule has 1 aromatic carbocycles. The summed E-state index contributed by atoms with van der Waals surface area (Å²) in [6.45, 7) is 3.31. The third kappa shape index (κ3) is 3.16. The number of aryl methyl sites for hydroxylation is 2. The summed E-state index contributed by atoms with van der Waals surface area (Å²) in [5.74, 6) is -0.615. The minimum Gasteiger partial charge on any atom is -0.321 e. The summed E-state index contributed by atoms with van der Waals surface area (Å²) in [5.41, 5.74) is 0.125. The molecule has 0 aliphatic carbocycles. The molecule has 1 N–H and O–H groups in total. The molecule has 2 aromatic rings. The Balaban J connectivity index is 2.41. The second-order valence-corrected chi connectivity index (χ2v) is 5.73. The van der Waals surface area contributed by atoms with E-state index in [1.54, 1.807) is 20.9 Å². The van der Waals surface area contributed by atoms with Crippen LogP contribution in [0.5, 0.6) is 0 Å². The van der Waals surface area contributed by atoms with Gasteiger partial charge < -0.3 is 5.32 Å². The first kappa shape index (κ1) is 16.5. The van der Waals surface area contributed by atoms with Crippen LogP contribution in [0.15, 0.2) is 22.7 Å². The number of halogens is 4. The number of hydrogen-bond donors (Lipinski definition) is 1. The number of hydrogen-bond acceptors (Lipinski definition) is 2. The highest BCUT2D eigenvalue weighted by molar-refractivity contribution is 9.10. The second-order valence-electron chi connectivity index (χ2n) is 4.81. The van der Waals surface area contributed by atoms with Gasteiger partial charge in [-0.25, -0.2) is 0 Å². The SMILES string of the molecule is Cc1nn(C)c(C)c1C(=O)Nc1ccc(Br)cc1C(F)(F)F. The van der Waals surface area contributed by atoms with Crippen molar-refractivity contribution in [3.8, 4) is 0 Å². The van der Waals surface area contributed by atoms with Gasteiger partial charge in [0.2, 0.25) is 0 Å². The summed E-state index contributed by atoms with van der Waals surface area (Å²) >= 11 is 3.00. The highest BCUT2D eigenvalue weighted by atomic mass is 79.9. The van der Waals surface area contributed by atoms with Crippen molar-refractivity contribution >= 4 is 27.5 Å². The van der Waals surface area contributed by atoms with E-state index in [1.165, 1.54) is 16.8 Å². The average molecular weight is 376 g/mol. The monoisotopic (exact) mass is 375 g/mol. The maximum atomic E-state index is 13.1. The highest BCUT2D eigenvalue weighted by Gasteiger charge is 2.34. The van der Waals surface area contributed by atoms with E-state index in [-0.39, 0.29) is 15.7 Å². The lowest BCUT2D eigenvalue weighted by molar-refractivity contribution is -0.136. The molecule has 0 aliphatic heterocycles. The molecule has 1 aromatic heterocycles. The number of benzene rings is 1. The van der Waals surface area contributed by atoms with Crippen LogP contribution in [0.2, 0.25) is 0 Å². The molecular formula is C14H13BrF3N3O. The first-order chi connectivity index (χ1) is 10.1. The van der Waals surface area contributed by atoms with Crippen LogP contribution in [0.3, 0.4) is 0 Å². The van der Waals surface area contributed by atoms with Gasteiger partial charge >= 0.3 is 6.18 Å². The van der Waals surface area contributed by atoms with Gasteiger partial charge in [-0.05, 0) is 32.0 Å². The van der Waals surface area contributed by atoms with E-state index >= 15 is 0 Å². The lowest BCUT2D eigenvalue weighted by Gasteiger charge is -2.14. The van der Waals surface area contributed by atoms with E-state index in [2.05, 4.69) is 26.3 Å². The molecule has 8 heteroatoms. The molecule has 0 aliphatic rings. The summed E-state index contributed by atoms with van der Waals surface area (Å²) < 4.78 is 41.0. The van der Waals surface area contributed by atoms with Crippen molar-refractivity contribution in [3.05, 3.63) is 45.2 Å². The van der Waals surface area contributed by atoms with Crippen LogP contribution >= 0.6 is 15.9 Å². The Morgan fingerprint density at radius 3 is 2.45 bits per heavy atom. The summed E-state index contributed by atoms with van der Waals surface area (Å²) in [6, 6.07) is 3.58. The predicted molar refractivity (Wildman–Crippen MR) is 79.8 cm³/mol. The average Bonchev–Trinajstić information content (AvgIpc) is 2.64. The van der Waals surface area contributed by atoms with Crippen LogP contribution in [0.25, 0.3) is 0 Å². The van der Waals surface area contributed by atoms with Gasteiger partial charge in [-0.3, -0.25) is 9.48 Å². The normalized spacial score (nSPS) is 11.6. The Bertz CT molecular complexity index is 738. The van der Waals surface area contributed by atoms with Gasteiger partial charge in [-0.15, -0.1) is 0 Å². The van der Waals surface area contributed by atoms with E-state index in [0.29, 0.717) is 11.4 Å². The Morgan fingerprint density at radius 2 is 1.95 bits per heavy atom. The molecule has 0 unspecified atom stereocenters. The van der Waals surface area contributed by atoms with Crippen molar-refractivity contribution < 1.29 is 18.0 Å². The van der Waals surface area contributed by atoms with Gasteiger partial charge in [0.05, 0.1) is 22.5 Å². The molecule has 0 spiro atoms. The summed E-state index contributed by atoms with van der Waals surface area (Å²) in [4.78, 5) is 12.3. The highest BCUT2D eigenvalue weighted by Crippen LogP contribution is 2.36. The zero-order valence-electron chi connectivity index (χ0n) is 12.0. The topological polar surface area (TPSA) is 46.9 Å². The summed E-state index contributed by atoms with van der Waals surface area (Å²) in [6.07, 6.45) is -4.56. The lowest BCUT2D eigenvalue weighted by atomic mass is 10.1. The van der Waals surface area contributed by atoms with Gasteiger partial charge in [-0.2, -0.15) is 18.3 Å². The van der Waals surface area contributed by atoms with Crippen LogP contribution in [0.4, 0.5) is 18.9 Å². The maximum Gasteiger partial charge on any atom is 0.418 e. The number of anilines is 1. The van der Waals surface area contributed by atoms with Gasteiger partial charge in [0.25, 0.3) is 5.91 Å². The quantitative estimate of drug-likeness (QED) is 0.859. The molecule has 1 amide bonds. The molecule has 1 heterocycles. The fourth-order valence-corrected chi connectivity index (χ4v) is 2.51. The molecular weight excluding hydrogens is 363 g/mol. The van der Waals surface area contributed by atoms with Crippen molar-refractivity contribution in [2.75, 3.05) is 5.32 Å². The van der Waals surface area contributed by atoms with Crippen molar-refractivity contribution in [1.29, 1.82) is 0 Å². The van der Waals surface area contributed by atoms with Crippen LogP contribution < -0.4 is 5.32 Å². The Labute approximate surface area is 133 Å². The Hall–Kier alpha value is -1.83. The number of nitrogens with one attached hydrogen (secondary N) is 1. The third-order valence-corrected chi connectivity index (χ3v) is 3.76. The van der Waals surface area contributed by atoms with E-state index in [1.807, 2.05) is 0 Å². The van der Waals surface area contributed by atoms with Gasteiger partial charge in [0.15, 0.2) is 0 Å². The number of carbonyl (C=O) groups excluding carboxylic acids is 1. The first-order valence-electron chi connectivity index (χ1n) is 6.29. The van der Waals surface area contributed by atoms with E-state index in [0.717, 1.165) is 6.07 Å². The largest absolute Gasteiger partial charge is 0.418 e. The number of nitrogens with zero attached hydrogens (tertiary/aromatic N) is 2. The molecule has 22 heavy (non-hydrogen) atoms. The zero-order valence-corrected chi connectivity index (χ0v) is 13.6. The summed E-state index contributed by atoms with van der Waals surface area (Å²) in [5, 5.41) is 6.41. The van der Waals surface area contributed by atoms with Crippen molar-refractivity contribution in [2.45, 2.75) is 20.0 Å². The first-order valence-corrected chi connectivity index (χ1v) is 7.09. The minimum atomic E-state index is -4.56. The van der Waals surface area contributed by atoms with Crippen molar-refractivity contribution in [3.63, 3.8) is 0 Å². The molecule has 0 bridgehead atoms. The Kier molecular flexibility index (Phi) is 4.32. The number of carbonyl (C=O) groups is 1. The third-order valence-electron chi connectivity index (χ3n) is 3.27. The zero-order chi connectivity index (χ0) is 16.7. The fraction of sp³-hybridized carbons (Fsp3) is 0.286. The number of rotatable bonds is 2. The molecule has 2 rings (SSSR count). The molecule has 4 nitrogen and oxygen atoms in total. The fourth-order valence-electron chi connectivity index (χ4n) is 2.15. The van der Waals surface area contributed by atoms with E-state index < -0.39 is 17.6 Å². The van der Waals surface area contributed by atoms with Crippen LogP contribution in [0, 0.1) is 13.8 Å². The minimum absolute atomic E-state index is 0.276.